The number of carbonyl (C=O) groups is 4. The molecule has 5 rings (SSSR count). The number of allylic oxidation sites excluding steroid dienone is 1. The highest BCUT2D eigenvalue weighted by Gasteiger charge is 2.33. The van der Waals surface area contributed by atoms with Crippen LogP contribution in [0.5, 0.6) is 0 Å². The van der Waals surface area contributed by atoms with Gasteiger partial charge < -0.3 is 9.53 Å². The third kappa shape index (κ3) is 13.5. The second kappa shape index (κ2) is 25.7. The number of halogens is 2. The Morgan fingerprint density at radius 2 is 1.12 bits per heavy atom. The monoisotopic (exact) mass is 954 g/mol. The van der Waals surface area contributed by atoms with Crippen molar-refractivity contribution in [2.24, 2.45) is 0 Å². The lowest BCUT2D eigenvalue weighted by atomic mass is 10.0. The summed E-state index contributed by atoms with van der Waals surface area (Å²) in [5, 5.41) is 43.1. The van der Waals surface area contributed by atoms with Crippen molar-refractivity contribution in [3.05, 3.63) is 173 Å². The normalized spacial score (nSPS) is 10.2. The molecule has 0 aliphatic heterocycles. The number of ketones is 1. The number of hydrogen-bond donors (Lipinski definition) is 0. The number of Topliss-reactive ketones (excluding diaryl/α,β-unsaturated/α-hetero) is 1. The number of hydrogen-bond acceptors (Lipinski definition) is 11. The minimum atomic E-state index is -2.55. The molecule has 0 aliphatic rings. The van der Waals surface area contributed by atoms with Gasteiger partial charge in [-0.15, -0.1) is 0 Å². The molecule has 0 spiro atoms. The Kier molecular flexibility index (Phi) is 21.2. The van der Waals surface area contributed by atoms with Gasteiger partial charge in [-0.05, 0) is 67.0 Å². The van der Waals surface area contributed by atoms with Crippen LogP contribution in [0.3, 0.4) is 0 Å². The van der Waals surface area contributed by atoms with Gasteiger partial charge in [-0.25, -0.2) is 4.79 Å². The molecule has 60 heavy (non-hydrogen) atoms. The van der Waals surface area contributed by atoms with Gasteiger partial charge in [0.15, 0.2) is 12.1 Å². The standard InChI is InChI=1S/C24H22NO2P.C12H9BrN2O3.C7H4BrNO3.CH2O/c1-2-27-24(26)23(18-19-25)28(20-12-6-3-7-13-20,21-14-8-4-9-15-21)22-16-10-5-11-17-22;1-8(16)9(4-5-14)6-10-2-3-11(13)7-12(10)15(17)18;8-6-2-1-5(4-10)7(3-6)9(11)12;1-2/h3-17H,2,18H2,1H3;2-3,6-7H,4H2,1H3;1-4H;1H2/b;9-6+;;. The van der Waals surface area contributed by atoms with Crippen LogP contribution in [0.1, 0.15) is 42.6 Å². The van der Waals surface area contributed by atoms with Gasteiger partial charge in [-0.2, -0.15) is 10.5 Å². The van der Waals surface area contributed by atoms with E-state index in [-0.39, 0.29) is 47.7 Å². The number of aldehydes is 1. The van der Waals surface area contributed by atoms with E-state index in [9.17, 15) is 39.9 Å². The molecule has 5 aromatic rings. The summed E-state index contributed by atoms with van der Waals surface area (Å²) in [7, 11) is 0. The van der Waals surface area contributed by atoms with Crippen molar-refractivity contribution < 1.29 is 33.8 Å². The Morgan fingerprint density at radius 3 is 1.47 bits per heavy atom. The maximum absolute atomic E-state index is 13.1. The largest absolute Gasteiger partial charge is 0.463 e. The summed E-state index contributed by atoms with van der Waals surface area (Å²) in [5.74, 6) is -0.664. The zero-order valence-electron chi connectivity index (χ0n) is 32.3. The molecule has 0 saturated carbocycles. The molecule has 0 aliphatic carbocycles. The van der Waals surface area contributed by atoms with Crippen LogP contribution in [0.2, 0.25) is 0 Å². The third-order valence-corrected chi connectivity index (χ3v) is 13.5. The van der Waals surface area contributed by atoms with Gasteiger partial charge in [-0.3, -0.25) is 29.8 Å². The molecule has 0 atom stereocenters. The number of benzene rings is 5. The van der Waals surface area contributed by atoms with Crippen LogP contribution in [0.25, 0.3) is 6.08 Å². The van der Waals surface area contributed by atoms with Crippen LogP contribution >= 0.6 is 38.7 Å². The first-order valence-corrected chi connectivity index (χ1v) is 20.9. The molecule has 0 aromatic heterocycles. The number of nitro benzene ring substituents is 2. The third-order valence-electron chi connectivity index (χ3n) is 8.15. The average molecular weight is 957 g/mol. The molecule has 0 amide bonds. The first-order chi connectivity index (χ1) is 28.8. The summed E-state index contributed by atoms with van der Waals surface area (Å²) in [5.41, 5.74) is 0.357. The van der Waals surface area contributed by atoms with Crippen molar-refractivity contribution in [1.82, 2.24) is 0 Å². The fourth-order valence-electron chi connectivity index (χ4n) is 5.61. The van der Waals surface area contributed by atoms with Crippen LogP contribution < -0.4 is 15.9 Å². The van der Waals surface area contributed by atoms with Gasteiger partial charge in [0.25, 0.3) is 11.4 Å². The van der Waals surface area contributed by atoms with E-state index >= 15 is 0 Å². The van der Waals surface area contributed by atoms with E-state index < -0.39 is 22.7 Å². The molecule has 306 valence electrons. The molecule has 0 N–H and O–H groups in total. The lowest BCUT2D eigenvalue weighted by Crippen LogP contribution is -2.34. The maximum atomic E-state index is 13.1. The SMILES string of the molecule is C=O.CC(=O)/C(=C/c1ccc(Br)cc1[N+](=O)[O-])CC#N.CCOC(=O)C(CC#N)=P(c1ccccc1)(c1ccccc1)c1ccccc1.O=Cc1ccc(Br)cc1[N+](=O)[O-]. The Labute approximate surface area is 363 Å². The van der Waals surface area contributed by atoms with Crippen molar-refractivity contribution in [1.29, 1.82) is 10.5 Å². The molecule has 0 heterocycles. The number of esters is 1. The summed E-state index contributed by atoms with van der Waals surface area (Å²) in [6.07, 6.45) is 1.80. The van der Waals surface area contributed by atoms with Gasteiger partial charge in [0, 0.05) is 26.7 Å². The Morgan fingerprint density at radius 1 is 0.717 bits per heavy atom. The van der Waals surface area contributed by atoms with Crippen LogP contribution in [-0.2, 0) is 19.1 Å². The molecule has 13 nitrogen and oxygen atoms in total. The topological polar surface area (TPSA) is 211 Å². The number of ether oxygens (including phenoxy) is 1. The van der Waals surface area contributed by atoms with Crippen LogP contribution in [-0.4, -0.2) is 46.6 Å². The number of nitriles is 2. The van der Waals surface area contributed by atoms with Crippen LogP contribution in [0, 0.1) is 42.9 Å². The first kappa shape index (κ1) is 49.5. The summed E-state index contributed by atoms with van der Waals surface area (Å²) in [6.45, 7) is 2.84. The van der Waals surface area contributed by atoms with Crippen LogP contribution in [0.4, 0.5) is 11.4 Å². The van der Waals surface area contributed by atoms with E-state index in [1.165, 1.54) is 37.3 Å². The van der Waals surface area contributed by atoms with E-state index in [1.54, 1.807) is 19.1 Å². The summed E-state index contributed by atoms with van der Waals surface area (Å²) >= 11 is 6.22. The van der Waals surface area contributed by atoms with E-state index in [0.717, 1.165) is 15.9 Å². The smallest absolute Gasteiger partial charge is 0.336 e. The fourth-order valence-corrected chi connectivity index (χ4v) is 10.6. The molecule has 16 heteroatoms. The van der Waals surface area contributed by atoms with Crippen molar-refractivity contribution in [3.8, 4) is 12.1 Å². The average Bonchev–Trinajstić information content (AvgIpc) is 3.26. The van der Waals surface area contributed by atoms with Gasteiger partial charge in [0.1, 0.15) is 6.79 Å². The van der Waals surface area contributed by atoms with Crippen LogP contribution in [0.15, 0.2) is 142 Å². The highest BCUT2D eigenvalue weighted by molar-refractivity contribution is 9.10. The lowest BCUT2D eigenvalue weighted by Gasteiger charge is -2.31. The minimum Gasteiger partial charge on any atom is -0.463 e. The highest BCUT2D eigenvalue weighted by Crippen LogP contribution is 2.47. The van der Waals surface area contributed by atoms with Crippen molar-refractivity contribution in [2.75, 3.05) is 6.61 Å². The first-order valence-electron chi connectivity index (χ1n) is 17.5. The highest BCUT2D eigenvalue weighted by atomic mass is 79.9. The number of rotatable bonds is 12. The summed E-state index contributed by atoms with van der Waals surface area (Å²) < 4.78 is 6.59. The fraction of sp³-hybridized carbons (Fsp3) is 0.114. The maximum Gasteiger partial charge on any atom is 0.336 e. The van der Waals surface area contributed by atoms with E-state index in [0.29, 0.717) is 26.1 Å². The second-order valence-electron chi connectivity index (χ2n) is 11.8. The minimum absolute atomic E-state index is 0.0191. The zero-order chi connectivity index (χ0) is 44.7. The predicted molar refractivity (Wildman–Crippen MR) is 240 cm³/mol. The Bertz CT molecular complexity index is 2370. The number of nitrogens with zero attached hydrogens (tertiary/aromatic N) is 4. The zero-order valence-corrected chi connectivity index (χ0v) is 36.3. The lowest BCUT2D eigenvalue weighted by molar-refractivity contribution is -0.385. The second-order valence-corrected chi connectivity index (χ2v) is 17.0. The van der Waals surface area contributed by atoms with Gasteiger partial charge in [-0.1, -0.05) is 123 Å². The molecule has 0 unspecified atom stereocenters. The van der Waals surface area contributed by atoms with Crippen molar-refractivity contribution >= 4 is 102 Å². The Balaban J connectivity index is 0.000000332. The molecule has 0 fully saturated rings. The molecule has 0 radical (unpaired) electrons. The van der Waals surface area contributed by atoms with E-state index in [4.69, 9.17) is 14.8 Å². The summed E-state index contributed by atoms with van der Waals surface area (Å²) in [6, 6.07) is 42.9. The van der Waals surface area contributed by atoms with E-state index in [1.807, 2.05) is 104 Å². The van der Waals surface area contributed by atoms with E-state index in [2.05, 4.69) is 37.9 Å². The number of carbonyl (C=O) groups excluding carboxylic acids is 4. The van der Waals surface area contributed by atoms with Gasteiger partial charge >= 0.3 is 5.97 Å². The molecule has 5 aromatic carbocycles. The molecule has 0 bridgehead atoms. The molecular formula is C44H37Br2N4O9P. The number of nitro groups is 2. The van der Waals surface area contributed by atoms with Gasteiger partial charge in [0.05, 0.1) is 57.9 Å². The molecule has 0 saturated heterocycles. The molecular weight excluding hydrogens is 919 g/mol. The Hall–Kier alpha value is -6.64. The quantitative estimate of drug-likeness (QED) is 0.0288. The van der Waals surface area contributed by atoms with Crippen molar-refractivity contribution in [2.45, 2.75) is 26.7 Å². The van der Waals surface area contributed by atoms with Crippen molar-refractivity contribution in [3.63, 3.8) is 0 Å². The predicted octanol–water partition coefficient (Wildman–Crippen LogP) is 8.86. The van der Waals surface area contributed by atoms with Gasteiger partial charge in [0.2, 0.25) is 0 Å². The summed E-state index contributed by atoms with van der Waals surface area (Å²) in [4.78, 5) is 62.9.